The average molecular weight is 202 g/mol. The fourth-order valence-corrected chi connectivity index (χ4v) is 1.45. The van der Waals surface area contributed by atoms with Gasteiger partial charge in [0, 0.05) is 6.20 Å². The van der Waals surface area contributed by atoms with Crippen LogP contribution in [-0.4, -0.2) is 14.9 Å². The van der Waals surface area contributed by atoms with Crippen molar-refractivity contribution in [2.45, 2.75) is 19.4 Å². The van der Waals surface area contributed by atoms with E-state index >= 15 is 0 Å². The molecule has 0 aliphatic rings. The molecule has 0 spiro atoms. The van der Waals surface area contributed by atoms with Gasteiger partial charge in [-0.3, -0.25) is 0 Å². The Morgan fingerprint density at radius 2 is 2.00 bits per heavy atom. The minimum atomic E-state index is -0.463. The summed E-state index contributed by atoms with van der Waals surface area (Å²) in [6.07, 6.45) is 2.09. The number of aliphatic hydroxyl groups is 1. The van der Waals surface area contributed by atoms with Crippen molar-refractivity contribution in [2.24, 2.45) is 0 Å². The molecule has 0 fully saturated rings. The maximum absolute atomic E-state index is 9.61. The quantitative estimate of drug-likeness (QED) is 0.829. The van der Waals surface area contributed by atoms with E-state index in [9.17, 15) is 5.11 Å². The molecular weight excluding hydrogens is 188 g/mol. The number of hydrogen-bond acceptors (Lipinski definition) is 2. The highest BCUT2D eigenvalue weighted by Gasteiger charge is 2.08. The molecule has 0 radical (unpaired) electrons. The van der Waals surface area contributed by atoms with E-state index in [0.717, 1.165) is 11.4 Å². The molecule has 3 nitrogen and oxygen atoms in total. The number of nitrogens with zero attached hydrogens (tertiary/aromatic N) is 2. The lowest BCUT2D eigenvalue weighted by Crippen LogP contribution is -1.99. The van der Waals surface area contributed by atoms with Crippen LogP contribution in [0.5, 0.6) is 0 Å². The van der Waals surface area contributed by atoms with Gasteiger partial charge in [0.1, 0.15) is 0 Å². The molecule has 2 aromatic rings. The van der Waals surface area contributed by atoms with E-state index in [1.54, 1.807) is 4.68 Å². The Hall–Kier alpha value is -1.61. The standard InChI is InChI=1S/C12H14N2O/c1-2-12(15)11-8-9-14(13-11)10-6-4-3-5-7-10/h3-9,12,15H,2H2,1H3. The van der Waals surface area contributed by atoms with Crippen molar-refractivity contribution in [2.75, 3.05) is 0 Å². The second-order valence-electron chi connectivity index (χ2n) is 3.44. The van der Waals surface area contributed by atoms with Crippen molar-refractivity contribution in [1.82, 2.24) is 9.78 Å². The van der Waals surface area contributed by atoms with Crippen LogP contribution in [-0.2, 0) is 0 Å². The third kappa shape index (κ3) is 2.07. The van der Waals surface area contributed by atoms with Gasteiger partial charge in [0.05, 0.1) is 17.5 Å². The molecular formula is C12H14N2O. The fourth-order valence-electron chi connectivity index (χ4n) is 1.45. The average Bonchev–Trinajstić information content (AvgIpc) is 2.78. The molecule has 3 heteroatoms. The molecule has 0 bridgehead atoms. The van der Waals surface area contributed by atoms with Gasteiger partial charge in [0.25, 0.3) is 0 Å². The highest BCUT2D eigenvalue weighted by Crippen LogP contribution is 2.15. The zero-order valence-corrected chi connectivity index (χ0v) is 8.67. The first kappa shape index (κ1) is 9.93. The van der Waals surface area contributed by atoms with E-state index in [1.807, 2.05) is 49.5 Å². The zero-order valence-electron chi connectivity index (χ0n) is 8.67. The smallest absolute Gasteiger partial charge is 0.0975 e. The third-order valence-corrected chi connectivity index (χ3v) is 2.36. The Labute approximate surface area is 89.0 Å². The predicted octanol–water partition coefficient (Wildman–Crippen LogP) is 2.32. The number of para-hydroxylation sites is 1. The molecule has 0 saturated carbocycles. The molecule has 2 rings (SSSR count). The summed E-state index contributed by atoms with van der Waals surface area (Å²) in [6, 6.07) is 11.7. The maximum Gasteiger partial charge on any atom is 0.0975 e. The maximum atomic E-state index is 9.61. The molecule has 1 atom stereocenters. The summed E-state index contributed by atoms with van der Waals surface area (Å²) in [4.78, 5) is 0. The summed E-state index contributed by atoms with van der Waals surface area (Å²) in [5.74, 6) is 0. The van der Waals surface area contributed by atoms with Crippen LogP contribution < -0.4 is 0 Å². The van der Waals surface area contributed by atoms with Crippen molar-refractivity contribution < 1.29 is 5.11 Å². The molecule has 0 aliphatic heterocycles. The Kier molecular flexibility index (Phi) is 2.83. The molecule has 1 heterocycles. The minimum Gasteiger partial charge on any atom is -0.387 e. The van der Waals surface area contributed by atoms with E-state index in [1.165, 1.54) is 0 Å². The summed E-state index contributed by atoms with van der Waals surface area (Å²) in [5.41, 5.74) is 1.73. The van der Waals surface area contributed by atoms with Gasteiger partial charge in [0.15, 0.2) is 0 Å². The van der Waals surface area contributed by atoms with Gasteiger partial charge in [-0.1, -0.05) is 25.1 Å². The number of rotatable bonds is 3. The second-order valence-corrected chi connectivity index (χ2v) is 3.44. The number of benzene rings is 1. The number of aromatic nitrogens is 2. The molecule has 78 valence electrons. The largest absolute Gasteiger partial charge is 0.387 e. The van der Waals surface area contributed by atoms with E-state index in [0.29, 0.717) is 6.42 Å². The number of hydrogen-bond donors (Lipinski definition) is 1. The van der Waals surface area contributed by atoms with Crippen LogP contribution >= 0.6 is 0 Å². The van der Waals surface area contributed by atoms with E-state index < -0.39 is 6.10 Å². The van der Waals surface area contributed by atoms with Gasteiger partial charge in [-0.2, -0.15) is 5.10 Å². The van der Waals surface area contributed by atoms with Crippen LogP contribution in [0.2, 0.25) is 0 Å². The first-order valence-corrected chi connectivity index (χ1v) is 5.10. The van der Waals surface area contributed by atoms with E-state index in [4.69, 9.17) is 0 Å². The van der Waals surface area contributed by atoms with Gasteiger partial charge in [-0.25, -0.2) is 4.68 Å². The molecule has 0 amide bonds. The van der Waals surface area contributed by atoms with Crippen LogP contribution in [0.25, 0.3) is 5.69 Å². The lowest BCUT2D eigenvalue weighted by atomic mass is 10.2. The van der Waals surface area contributed by atoms with Crippen LogP contribution in [0, 0.1) is 0 Å². The van der Waals surface area contributed by atoms with Crippen molar-refractivity contribution in [3.63, 3.8) is 0 Å². The lowest BCUT2D eigenvalue weighted by Gasteiger charge is -2.03. The lowest BCUT2D eigenvalue weighted by molar-refractivity contribution is 0.168. The summed E-state index contributed by atoms with van der Waals surface area (Å²) >= 11 is 0. The summed E-state index contributed by atoms with van der Waals surface area (Å²) in [6.45, 7) is 1.94. The Morgan fingerprint density at radius 1 is 1.27 bits per heavy atom. The van der Waals surface area contributed by atoms with E-state index in [2.05, 4.69) is 5.10 Å². The minimum absolute atomic E-state index is 0.463. The number of aliphatic hydroxyl groups excluding tert-OH is 1. The summed E-state index contributed by atoms with van der Waals surface area (Å²) < 4.78 is 1.77. The molecule has 0 saturated heterocycles. The van der Waals surface area contributed by atoms with Gasteiger partial charge in [0.2, 0.25) is 0 Å². The van der Waals surface area contributed by atoms with E-state index in [-0.39, 0.29) is 0 Å². The highest BCUT2D eigenvalue weighted by molar-refractivity contribution is 5.30. The zero-order chi connectivity index (χ0) is 10.7. The molecule has 1 unspecified atom stereocenters. The Balaban J connectivity index is 2.28. The van der Waals surface area contributed by atoms with Crippen LogP contribution in [0.3, 0.4) is 0 Å². The third-order valence-electron chi connectivity index (χ3n) is 2.36. The normalized spacial score (nSPS) is 12.7. The molecule has 0 aliphatic carbocycles. The van der Waals surface area contributed by atoms with Gasteiger partial charge in [-0.05, 0) is 24.6 Å². The first-order valence-electron chi connectivity index (χ1n) is 5.10. The first-order chi connectivity index (χ1) is 7.31. The fraction of sp³-hybridized carbons (Fsp3) is 0.250. The highest BCUT2D eigenvalue weighted by atomic mass is 16.3. The van der Waals surface area contributed by atoms with Crippen LogP contribution in [0.15, 0.2) is 42.6 Å². The van der Waals surface area contributed by atoms with Crippen molar-refractivity contribution >= 4 is 0 Å². The van der Waals surface area contributed by atoms with Crippen LogP contribution in [0.4, 0.5) is 0 Å². The summed E-state index contributed by atoms with van der Waals surface area (Å²) in [5, 5.41) is 13.9. The predicted molar refractivity (Wildman–Crippen MR) is 58.8 cm³/mol. The molecule has 1 aromatic heterocycles. The monoisotopic (exact) mass is 202 g/mol. The topological polar surface area (TPSA) is 38.0 Å². The van der Waals surface area contributed by atoms with Crippen molar-refractivity contribution in [3.05, 3.63) is 48.3 Å². The molecule has 1 N–H and O–H groups in total. The van der Waals surface area contributed by atoms with Crippen molar-refractivity contribution in [1.29, 1.82) is 0 Å². The van der Waals surface area contributed by atoms with Gasteiger partial charge < -0.3 is 5.11 Å². The second kappa shape index (κ2) is 4.28. The molecule has 15 heavy (non-hydrogen) atoms. The summed E-state index contributed by atoms with van der Waals surface area (Å²) in [7, 11) is 0. The Morgan fingerprint density at radius 3 is 2.67 bits per heavy atom. The SMILES string of the molecule is CCC(O)c1ccn(-c2ccccc2)n1. The molecule has 1 aromatic carbocycles. The van der Waals surface area contributed by atoms with Gasteiger partial charge >= 0.3 is 0 Å². The van der Waals surface area contributed by atoms with Crippen LogP contribution in [0.1, 0.15) is 25.1 Å². The Bertz CT molecular complexity index is 422. The van der Waals surface area contributed by atoms with Gasteiger partial charge in [-0.15, -0.1) is 0 Å². The van der Waals surface area contributed by atoms with Crippen molar-refractivity contribution in [3.8, 4) is 5.69 Å².